The smallest absolute Gasteiger partial charge is 0.281 e. The summed E-state index contributed by atoms with van der Waals surface area (Å²) in [5.74, 6) is -0.936. The summed E-state index contributed by atoms with van der Waals surface area (Å²) in [6.07, 6.45) is -3.31. The van der Waals surface area contributed by atoms with Gasteiger partial charge in [-0.25, -0.2) is 4.98 Å². The number of hydrogen-bond acceptors (Lipinski definition) is 3. The molecule has 0 saturated carbocycles. The molecule has 0 atom stereocenters. The minimum atomic E-state index is -4.50. The van der Waals surface area contributed by atoms with E-state index < -0.39 is 23.5 Å². The molecule has 1 aromatic heterocycles. The molecule has 0 radical (unpaired) electrons. The number of amides is 1. The Bertz CT molecular complexity index is 364. The van der Waals surface area contributed by atoms with Gasteiger partial charge in [-0.15, -0.1) is 0 Å². The van der Waals surface area contributed by atoms with Crippen LogP contribution in [0.15, 0.2) is 18.3 Å². The first-order chi connectivity index (χ1) is 6.91. The van der Waals surface area contributed by atoms with Crippen molar-refractivity contribution in [3.63, 3.8) is 0 Å². The molecule has 15 heavy (non-hydrogen) atoms. The predicted molar refractivity (Wildman–Crippen MR) is 46.7 cm³/mol. The van der Waals surface area contributed by atoms with Crippen LogP contribution in [0, 0.1) is 0 Å². The lowest BCUT2D eigenvalue weighted by atomic mass is 10.2. The van der Waals surface area contributed by atoms with E-state index in [1.165, 1.54) is 19.2 Å². The van der Waals surface area contributed by atoms with Crippen LogP contribution in [-0.4, -0.2) is 10.9 Å². The Morgan fingerprint density at radius 1 is 1.47 bits per heavy atom. The average Bonchev–Trinajstić information content (AvgIpc) is 2.13. The molecule has 2 N–H and O–H groups in total. The molecule has 0 fully saturated rings. The molecule has 82 valence electrons. The predicted octanol–water partition coefficient (Wildman–Crippen LogP) is 1.56. The van der Waals surface area contributed by atoms with E-state index in [-0.39, 0.29) is 0 Å². The highest BCUT2D eigenvalue weighted by Crippen LogP contribution is 2.32. The summed E-state index contributed by atoms with van der Waals surface area (Å²) in [4.78, 5) is 14.0. The van der Waals surface area contributed by atoms with Gasteiger partial charge in [-0.3, -0.25) is 15.6 Å². The lowest BCUT2D eigenvalue weighted by molar-refractivity contribution is -0.137. The molecule has 0 unspecified atom stereocenters. The van der Waals surface area contributed by atoms with Gasteiger partial charge in [0.25, 0.3) is 0 Å². The van der Waals surface area contributed by atoms with Gasteiger partial charge in [0.15, 0.2) is 5.82 Å². The normalized spacial score (nSPS) is 10.9. The van der Waals surface area contributed by atoms with Crippen LogP contribution in [0.5, 0.6) is 0 Å². The second kappa shape index (κ2) is 4.16. The van der Waals surface area contributed by atoms with Gasteiger partial charge in [0.1, 0.15) is 0 Å². The highest BCUT2D eigenvalue weighted by molar-refractivity contribution is 5.74. The van der Waals surface area contributed by atoms with Crippen LogP contribution < -0.4 is 10.9 Å². The maximum Gasteiger partial charge on any atom is 0.420 e. The standard InChI is InChI=1S/C8H8F3N3O/c1-5(15)13-14-7-6(8(9,10)11)3-2-4-12-7/h2-4H,1H3,(H,12,14)(H,13,15). The van der Waals surface area contributed by atoms with Gasteiger partial charge in [-0.05, 0) is 12.1 Å². The highest BCUT2D eigenvalue weighted by atomic mass is 19.4. The van der Waals surface area contributed by atoms with E-state index in [0.717, 1.165) is 6.07 Å². The SMILES string of the molecule is CC(=O)NNc1ncccc1C(F)(F)F. The maximum atomic E-state index is 12.4. The minimum absolute atomic E-state index is 0.430. The van der Waals surface area contributed by atoms with Gasteiger partial charge in [0, 0.05) is 13.1 Å². The number of alkyl halides is 3. The van der Waals surface area contributed by atoms with Gasteiger partial charge in [-0.2, -0.15) is 13.2 Å². The van der Waals surface area contributed by atoms with Crippen LogP contribution in [0.3, 0.4) is 0 Å². The molecular weight excluding hydrogens is 211 g/mol. The highest BCUT2D eigenvalue weighted by Gasteiger charge is 2.34. The Hall–Kier alpha value is -1.79. The number of nitrogens with zero attached hydrogens (tertiary/aromatic N) is 1. The number of hydrogen-bond donors (Lipinski definition) is 2. The van der Waals surface area contributed by atoms with Crippen molar-refractivity contribution in [1.82, 2.24) is 10.4 Å². The molecule has 1 amide bonds. The fourth-order valence-electron chi connectivity index (χ4n) is 0.881. The molecule has 1 heterocycles. The molecule has 0 bridgehead atoms. The molecule has 0 saturated heterocycles. The quantitative estimate of drug-likeness (QED) is 0.742. The number of aromatic nitrogens is 1. The second-order valence-corrected chi connectivity index (χ2v) is 2.70. The number of rotatable bonds is 2. The van der Waals surface area contributed by atoms with Crippen LogP contribution in [0.1, 0.15) is 12.5 Å². The van der Waals surface area contributed by atoms with Crippen molar-refractivity contribution in [2.75, 3.05) is 5.43 Å². The Balaban J connectivity index is 2.92. The Morgan fingerprint density at radius 2 is 2.13 bits per heavy atom. The fraction of sp³-hybridized carbons (Fsp3) is 0.250. The van der Waals surface area contributed by atoms with E-state index in [4.69, 9.17) is 0 Å². The largest absolute Gasteiger partial charge is 0.420 e. The molecule has 0 spiro atoms. The monoisotopic (exact) mass is 219 g/mol. The zero-order chi connectivity index (χ0) is 11.5. The van der Waals surface area contributed by atoms with Crippen LogP contribution in [-0.2, 0) is 11.0 Å². The number of nitrogens with one attached hydrogen (secondary N) is 2. The van der Waals surface area contributed by atoms with Gasteiger partial charge in [-0.1, -0.05) is 0 Å². The number of hydrazine groups is 1. The molecule has 0 aliphatic heterocycles. The fourth-order valence-corrected chi connectivity index (χ4v) is 0.881. The van der Waals surface area contributed by atoms with Crippen molar-refractivity contribution in [2.45, 2.75) is 13.1 Å². The van der Waals surface area contributed by atoms with Crippen LogP contribution in [0.25, 0.3) is 0 Å². The average molecular weight is 219 g/mol. The maximum absolute atomic E-state index is 12.4. The van der Waals surface area contributed by atoms with E-state index >= 15 is 0 Å². The summed E-state index contributed by atoms with van der Waals surface area (Å²) >= 11 is 0. The van der Waals surface area contributed by atoms with E-state index in [0.29, 0.717) is 0 Å². The number of pyridine rings is 1. The second-order valence-electron chi connectivity index (χ2n) is 2.70. The first-order valence-corrected chi connectivity index (χ1v) is 3.96. The zero-order valence-electron chi connectivity index (χ0n) is 7.72. The van der Waals surface area contributed by atoms with Crippen molar-refractivity contribution in [1.29, 1.82) is 0 Å². The molecule has 7 heteroatoms. The van der Waals surface area contributed by atoms with Gasteiger partial charge in [0.05, 0.1) is 5.56 Å². The molecule has 1 rings (SSSR count). The van der Waals surface area contributed by atoms with Crippen molar-refractivity contribution in [3.8, 4) is 0 Å². The topological polar surface area (TPSA) is 54.0 Å². The summed E-state index contributed by atoms with van der Waals surface area (Å²) in [7, 11) is 0. The lowest BCUT2D eigenvalue weighted by Crippen LogP contribution is -2.28. The van der Waals surface area contributed by atoms with Crippen molar-refractivity contribution >= 4 is 11.7 Å². The molecule has 0 aliphatic carbocycles. The third-order valence-corrected chi connectivity index (χ3v) is 1.47. The third-order valence-electron chi connectivity index (χ3n) is 1.47. The zero-order valence-corrected chi connectivity index (χ0v) is 7.72. The van der Waals surface area contributed by atoms with Crippen LogP contribution >= 0.6 is 0 Å². The molecular formula is C8H8F3N3O. The van der Waals surface area contributed by atoms with Crippen molar-refractivity contribution in [3.05, 3.63) is 23.9 Å². The van der Waals surface area contributed by atoms with E-state index in [9.17, 15) is 18.0 Å². The number of carbonyl (C=O) groups is 1. The minimum Gasteiger partial charge on any atom is -0.281 e. The van der Waals surface area contributed by atoms with Crippen molar-refractivity contribution in [2.24, 2.45) is 0 Å². The number of anilines is 1. The Kier molecular flexibility index (Phi) is 3.13. The molecule has 0 aromatic carbocycles. The molecule has 0 aliphatic rings. The lowest BCUT2D eigenvalue weighted by Gasteiger charge is -2.12. The van der Waals surface area contributed by atoms with Gasteiger partial charge in [0.2, 0.25) is 5.91 Å². The number of carbonyl (C=O) groups excluding carboxylic acids is 1. The summed E-state index contributed by atoms with van der Waals surface area (Å²) in [6, 6.07) is 2.04. The first kappa shape index (κ1) is 11.3. The van der Waals surface area contributed by atoms with E-state index in [2.05, 4.69) is 10.4 Å². The third kappa shape index (κ3) is 3.12. The molecule has 4 nitrogen and oxygen atoms in total. The van der Waals surface area contributed by atoms with E-state index in [1.807, 2.05) is 5.43 Å². The summed E-state index contributed by atoms with van der Waals surface area (Å²) in [5.41, 5.74) is 3.18. The summed E-state index contributed by atoms with van der Waals surface area (Å²) in [5, 5.41) is 0. The van der Waals surface area contributed by atoms with Crippen LogP contribution in [0.2, 0.25) is 0 Å². The van der Waals surface area contributed by atoms with Gasteiger partial charge >= 0.3 is 6.18 Å². The van der Waals surface area contributed by atoms with Crippen LogP contribution in [0.4, 0.5) is 19.0 Å². The molecule has 1 aromatic rings. The Morgan fingerprint density at radius 3 is 2.67 bits per heavy atom. The first-order valence-electron chi connectivity index (χ1n) is 3.96. The van der Waals surface area contributed by atoms with E-state index in [1.54, 1.807) is 0 Å². The van der Waals surface area contributed by atoms with Crippen molar-refractivity contribution < 1.29 is 18.0 Å². The summed E-state index contributed by atoms with van der Waals surface area (Å²) < 4.78 is 37.1. The summed E-state index contributed by atoms with van der Waals surface area (Å²) in [6.45, 7) is 1.17. The Labute approximate surface area is 83.5 Å². The number of halogens is 3. The van der Waals surface area contributed by atoms with Gasteiger partial charge < -0.3 is 0 Å².